The molecule has 23 heavy (non-hydrogen) atoms. The van der Waals surface area contributed by atoms with Gasteiger partial charge < -0.3 is 15.4 Å². The molecule has 0 unspecified atom stereocenters. The van der Waals surface area contributed by atoms with Crippen LogP contribution in [-0.4, -0.2) is 12.5 Å². The Morgan fingerprint density at radius 2 is 2.09 bits per heavy atom. The van der Waals surface area contributed by atoms with Gasteiger partial charge in [-0.2, -0.15) is 0 Å². The first-order valence-electron chi connectivity index (χ1n) is 7.58. The van der Waals surface area contributed by atoms with Crippen molar-refractivity contribution in [2.24, 2.45) is 0 Å². The average Bonchev–Trinajstić information content (AvgIpc) is 3.18. The van der Waals surface area contributed by atoms with Gasteiger partial charge in [0.05, 0.1) is 18.1 Å². The van der Waals surface area contributed by atoms with Crippen LogP contribution < -0.4 is 10.6 Å². The number of carbonyl (C=O) groups excluding carboxylic acids is 1. The zero-order valence-electron chi connectivity index (χ0n) is 12.7. The minimum absolute atomic E-state index is 0. The van der Waals surface area contributed by atoms with Crippen LogP contribution >= 0.6 is 23.7 Å². The van der Waals surface area contributed by atoms with Gasteiger partial charge in [-0.15, -0.1) is 23.7 Å². The Morgan fingerprint density at radius 3 is 2.96 bits per heavy atom. The van der Waals surface area contributed by atoms with Gasteiger partial charge in [-0.25, -0.2) is 0 Å². The van der Waals surface area contributed by atoms with Crippen LogP contribution in [0.3, 0.4) is 0 Å². The van der Waals surface area contributed by atoms with Gasteiger partial charge in [0.2, 0.25) is 0 Å². The minimum Gasteiger partial charge on any atom is -0.376 e. The number of rotatable bonds is 3. The standard InChI is InChI=1S/C17H18N2O2S.ClH/c20-17(16-6-14-10-21-4-3-15(14)22-16)19-7-11-1-2-12-8-18-9-13(12)5-11;/h1-2,5-6,18H,3-4,7-10H2,(H,19,20);1H. The highest BCUT2D eigenvalue weighted by Gasteiger charge is 2.17. The van der Waals surface area contributed by atoms with Gasteiger partial charge in [-0.05, 0) is 28.3 Å². The highest BCUT2D eigenvalue weighted by molar-refractivity contribution is 7.14. The molecule has 6 heteroatoms. The Hall–Kier alpha value is -1.40. The van der Waals surface area contributed by atoms with Crippen molar-refractivity contribution in [2.75, 3.05) is 6.61 Å². The van der Waals surface area contributed by atoms with Crippen molar-refractivity contribution in [3.8, 4) is 0 Å². The van der Waals surface area contributed by atoms with E-state index in [1.54, 1.807) is 11.3 Å². The molecule has 0 spiro atoms. The molecule has 1 aromatic carbocycles. The second kappa shape index (κ2) is 7.01. The molecule has 4 nitrogen and oxygen atoms in total. The molecular weight excluding hydrogens is 332 g/mol. The lowest BCUT2D eigenvalue weighted by atomic mass is 10.1. The third kappa shape index (κ3) is 3.43. The molecule has 4 rings (SSSR count). The largest absolute Gasteiger partial charge is 0.376 e. The predicted molar refractivity (Wildman–Crippen MR) is 93.1 cm³/mol. The first kappa shape index (κ1) is 16.5. The number of hydrogen-bond acceptors (Lipinski definition) is 4. The molecule has 2 aliphatic heterocycles. The summed E-state index contributed by atoms with van der Waals surface area (Å²) in [5.74, 6) is 0.0121. The van der Waals surface area contributed by atoms with Gasteiger partial charge in [0.15, 0.2) is 0 Å². The fourth-order valence-electron chi connectivity index (χ4n) is 2.99. The monoisotopic (exact) mass is 350 g/mol. The second-order valence-electron chi connectivity index (χ2n) is 5.75. The van der Waals surface area contributed by atoms with E-state index in [-0.39, 0.29) is 18.3 Å². The first-order chi connectivity index (χ1) is 10.8. The number of ether oxygens (including phenoxy) is 1. The Labute approximate surface area is 145 Å². The normalized spacial score (nSPS) is 15.5. The number of nitrogens with one attached hydrogen (secondary N) is 2. The number of carbonyl (C=O) groups is 1. The third-order valence-corrected chi connectivity index (χ3v) is 5.44. The van der Waals surface area contributed by atoms with Crippen LogP contribution in [-0.2, 0) is 37.4 Å². The summed E-state index contributed by atoms with van der Waals surface area (Å²) in [6.45, 7) is 3.85. The summed E-state index contributed by atoms with van der Waals surface area (Å²) in [5, 5.41) is 6.36. The Morgan fingerprint density at radius 1 is 1.22 bits per heavy atom. The van der Waals surface area contributed by atoms with E-state index in [1.807, 2.05) is 6.07 Å². The van der Waals surface area contributed by atoms with E-state index in [1.165, 1.54) is 21.6 Å². The van der Waals surface area contributed by atoms with Gasteiger partial charge in [-0.1, -0.05) is 18.2 Å². The number of hydrogen-bond donors (Lipinski definition) is 2. The van der Waals surface area contributed by atoms with Crippen LogP contribution in [0.25, 0.3) is 0 Å². The molecule has 0 aliphatic carbocycles. The molecule has 2 aliphatic rings. The van der Waals surface area contributed by atoms with E-state index < -0.39 is 0 Å². The summed E-state index contributed by atoms with van der Waals surface area (Å²) in [5.41, 5.74) is 5.03. The summed E-state index contributed by atoms with van der Waals surface area (Å²) in [7, 11) is 0. The summed E-state index contributed by atoms with van der Waals surface area (Å²) in [6, 6.07) is 8.40. The number of fused-ring (bicyclic) bond motifs is 2. The fourth-order valence-corrected chi connectivity index (χ4v) is 4.05. The SMILES string of the molecule is Cl.O=C(NCc1ccc2c(c1)CNC2)c1cc2c(s1)CCOC2. The van der Waals surface area contributed by atoms with Gasteiger partial charge in [0.25, 0.3) is 5.91 Å². The number of amides is 1. The maximum atomic E-state index is 12.3. The molecule has 2 aromatic rings. The molecular formula is C17H19ClN2O2S. The molecule has 0 radical (unpaired) electrons. The molecule has 0 atom stereocenters. The van der Waals surface area contributed by atoms with E-state index >= 15 is 0 Å². The Kier molecular flexibility index (Phi) is 5.02. The average molecular weight is 351 g/mol. The lowest BCUT2D eigenvalue weighted by molar-refractivity contribution is 0.0954. The Balaban J connectivity index is 0.00000156. The molecule has 0 saturated heterocycles. The first-order valence-corrected chi connectivity index (χ1v) is 8.40. The van der Waals surface area contributed by atoms with E-state index in [9.17, 15) is 4.79 Å². The van der Waals surface area contributed by atoms with Crippen molar-refractivity contribution < 1.29 is 9.53 Å². The molecule has 0 bridgehead atoms. The minimum atomic E-state index is 0. The van der Waals surface area contributed by atoms with Crippen molar-refractivity contribution in [1.82, 2.24) is 10.6 Å². The third-order valence-electron chi connectivity index (χ3n) is 4.21. The molecule has 0 saturated carbocycles. The zero-order chi connectivity index (χ0) is 14.9. The second-order valence-corrected chi connectivity index (χ2v) is 6.89. The van der Waals surface area contributed by atoms with Crippen LogP contribution in [0.1, 0.15) is 36.8 Å². The van der Waals surface area contributed by atoms with E-state index in [0.717, 1.165) is 36.6 Å². The highest BCUT2D eigenvalue weighted by Crippen LogP contribution is 2.27. The van der Waals surface area contributed by atoms with E-state index in [2.05, 4.69) is 28.8 Å². The van der Waals surface area contributed by atoms with Gasteiger partial charge >= 0.3 is 0 Å². The summed E-state index contributed by atoms with van der Waals surface area (Å²) in [4.78, 5) is 14.4. The van der Waals surface area contributed by atoms with Crippen LogP contribution in [0.4, 0.5) is 0 Å². The maximum Gasteiger partial charge on any atom is 0.261 e. The quantitative estimate of drug-likeness (QED) is 0.895. The smallest absolute Gasteiger partial charge is 0.261 e. The summed E-state index contributed by atoms with van der Waals surface area (Å²) in [6.07, 6.45) is 0.922. The zero-order valence-corrected chi connectivity index (χ0v) is 14.3. The number of halogens is 1. The van der Waals surface area contributed by atoms with Crippen molar-refractivity contribution in [1.29, 1.82) is 0 Å². The van der Waals surface area contributed by atoms with Crippen LogP contribution in [0, 0.1) is 0 Å². The number of benzene rings is 1. The maximum absolute atomic E-state index is 12.3. The highest BCUT2D eigenvalue weighted by atomic mass is 35.5. The van der Waals surface area contributed by atoms with Crippen LogP contribution in [0.15, 0.2) is 24.3 Å². The van der Waals surface area contributed by atoms with Gasteiger partial charge in [0, 0.05) is 30.9 Å². The molecule has 122 valence electrons. The molecule has 2 N–H and O–H groups in total. The van der Waals surface area contributed by atoms with Crippen molar-refractivity contribution >= 4 is 29.7 Å². The van der Waals surface area contributed by atoms with Gasteiger partial charge in [-0.3, -0.25) is 4.79 Å². The van der Waals surface area contributed by atoms with Crippen molar-refractivity contribution in [3.05, 3.63) is 56.3 Å². The van der Waals surface area contributed by atoms with Gasteiger partial charge in [0.1, 0.15) is 0 Å². The lowest BCUT2D eigenvalue weighted by Gasteiger charge is -2.10. The van der Waals surface area contributed by atoms with Crippen LogP contribution in [0.5, 0.6) is 0 Å². The summed E-state index contributed by atoms with van der Waals surface area (Å²) >= 11 is 1.60. The summed E-state index contributed by atoms with van der Waals surface area (Å²) < 4.78 is 5.43. The molecule has 3 heterocycles. The molecule has 1 amide bonds. The van der Waals surface area contributed by atoms with Crippen molar-refractivity contribution in [3.63, 3.8) is 0 Å². The van der Waals surface area contributed by atoms with Crippen LogP contribution in [0.2, 0.25) is 0 Å². The number of thiophene rings is 1. The van der Waals surface area contributed by atoms with E-state index in [0.29, 0.717) is 13.2 Å². The lowest BCUT2D eigenvalue weighted by Crippen LogP contribution is -2.21. The molecule has 0 fully saturated rings. The fraction of sp³-hybridized carbons (Fsp3) is 0.353. The predicted octanol–water partition coefficient (Wildman–Crippen LogP) is 2.78. The topological polar surface area (TPSA) is 50.4 Å². The Bertz CT molecular complexity index is 706. The van der Waals surface area contributed by atoms with Crippen molar-refractivity contribution in [2.45, 2.75) is 32.7 Å². The van der Waals surface area contributed by atoms with E-state index in [4.69, 9.17) is 4.74 Å². The molecule has 1 aromatic heterocycles.